The van der Waals surface area contributed by atoms with E-state index in [0.717, 1.165) is 5.56 Å². The highest BCUT2D eigenvalue weighted by Crippen LogP contribution is 2.33. The second-order valence-corrected chi connectivity index (χ2v) is 7.66. The molecule has 0 fully saturated rings. The topological polar surface area (TPSA) is 70.2 Å². The van der Waals surface area contributed by atoms with E-state index in [-0.39, 0.29) is 11.4 Å². The number of halogens is 2. The number of rotatable bonds is 8. The second-order valence-electron chi connectivity index (χ2n) is 6.72. The zero-order valence-corrected chi connectivity index (χ0v) is 17.4. The number of nitrogens with zero attached hydrogens (tertiary/aromatic N) is 3. The van der Waals surface area contributed by atoms with E-state index < -0.39 is 11.5 Å². The third kappa shape index (κ3) is 4.94. The number of non-ortho nitro benzene ring substituents is 1. The number of hydrogen-bond donors (Lipinski definition) is 0. The minimum Gasteiger partial charge on any atom is -0.435 e. The maximum Gasteiger partial charge on any atom is 0.387 e. The van der Waals surface area contributed by atoms with Crippen LogP contribution in [0, 0.1) is 10.1 Å². The van der Waals surface area contributed by atoms with Crippen molar-refractivity contribution in [2.75, 3.05) is 0 Å². The Morgan fingerprint density at radius 3 is 2.47 bits per heavy atom. The fourth-order valence-electron chi connectivity index (χ4n) is 3.17. The summed E-state index contributed by atoms with van der Waals surface area (Å²) >= 11 is 1.50. The van der Waals surface area contributed by atoms with Crippen molar-refractivity contribution >= 4 is 17.4 Å². The van der Waals surface area contributed by atoms with Gasteiger partial charge in [-0.05, 0) is 29.8 Å². The third-order valence-electron chi connectivity index (χ3n) is 4.61. The van der Waals surface area contributed by atoms with E-state index in [2.05, 4.69) is 9.72 Å². The second kappa shape index (κ2) is 9.61. The molecule has 4 rings (SSSR count). The molecule has 0 radical (unpaired) electrons. The lowest BCUT2D eigenvalue weighted by Gasteiger charge is -2.13. The first-order chi connectivity index (χ1) is 15.5. The Kier molecular flexibility index (Phi) is 6.46. The normalized spacial score (nSPS) is 11.0. The highest BCUT2D eigenvalue weighted by Gasteiger charge is 2.17. The lowest BCUT2D eigenvalue weighted by atomic mass is 10.1. The fraction of sp³-hybridized carbons (Fsp3) is 0.0870. The zero-order chi connectivity index (χ0) is 22.5. The molecule has 32 heavy (non-hydrogen) atoms. The van der Waals surface area contributed by atoms with Crippen molar-refractivity contribution in [3.8, 4) is 22.7 Å². The standard InChI is InChI=1S/C23H17F2N3O3S/c24-22(25)31-20-11-9-18(10-12-20)27-21(17-7-4-8-19(13-17)28(29)30)14-26-23(27)32-15-16-5-2-1-3-6-16/h1-14,22H,15H2. The van der Waals surface area contributed by atoms with E-state index in [1.807, 2.05) is 34.9 Å². The van der Waals surface area contributed by atoms with Crippen LogP contribution in [-0.4, -0.2) is 21.1 Å². The van der Waals surface area contributed by atoms with Gasteiger partial charge < -0.3 is 4.74 Å². The molecule has 6 nitrogen and oxygen atoms in total. The maximum absolute atomic E-state index is 12.5. The third-order valence-corrected chi connectivity index (χ3v) is 5.64. The van der Waals surface area contributed by atoms with Gasteiger partial charge in [-0.3, -0.25) is 14.7 Å². The molecule has 0 saturated heterocycles. The lowest BCUT2D eigenvalue weighted by molar-refractivity contribution is -0.384. The fourth-order valence-corrected chi connectivity index (χ4v) is 4.12. The van der Waals surface area contributed by atoms with Crippen LogP contribution in [0.2, 0.25) is 0 Å². The van der Waals surface area contributed by atoms with E-state index in [1.165, 1.54) is 36.0 Å². The summed E-state index contributed by atoms with van der Waals surface area (Å²) in [6.45, 7) is -2.91. The first kappa shape index (κ1) is 21.5. The maximum atomic E-state index is 12.5. The molecule has 162 valence electrons. The van der Waals surface area contributed by atoms with Crippen LogP contribution >= 0.6 is 11.8 Å². The molecule has 0 spiro atoms. The minimum atomic E-state index is -2.91. The van der Waals surface area contributed by atoms with Gasteiger partial charge in [-0.15, -0.1) is 0 Å². The van der Waals surface area contributed by atoms with Gasteiger partial charge in [0.1, 0.15) is 5.75 Å². The van der Waals surface area contributed by atoms with E-state index in [1.54, 1.807) is 30.5 Å². The van der Waals surface area contributed by atoms with Crippen LogP contribution in [0.5, 0.6) is 5.75 Å². The number of benzene rings is 3. The van der Waals surface area contributed by atoms with Crippen molar-refractivity contribution < 1.29 is 18.4 Å². The Morgan fingerprint density at radius 2 is 1.78 bits per heavy atom. The van der Waals surface area contributed by atoms with E-state index >= 15 is 0 Å². The number of aromatic nitrogens is 2. The van der Waals surface area contributed by atoms with Crippen LogP contribution in [0.4, 0.5) is 14.5 Å². The van der Waals surface area contributed by atoms with E-state index in [0.29, 0.717) is 27.9 Å². The Hall–Kier alpha value is -3.72. The summed E-state index contributed by atoms with van der Waals surface area (Å²) < 4.78 is 31.3. The van der Waals surface area contributed by atoms with Gasteiger partial charge in [-0.25, -0.2) is 4.98 Å². The van der Waals surface area contributed by atoms with Crippen molar-refractivity contribution in [1.82, 2.24) is 9.55 Å². The summed E-state index contributed by atoms with van der Waals surface area (Å²) in [6, 6.07) is 22.3. The summed E-state index contributed by atoms with van der Waals surface area (Å²) in [5.41, 5.74) is 3.01. The van der Waals surface area contributed by atoms with Crippen molar-refractivity contribution in [1.29, 1.82) is 0 Å². The molecule has 0 aliphatic heterocycles. The SMILES string of the molecule is O=[N+]([O-])c1cccc(-c2cnc(SCc3ccccc3)n2-c2ccc(OC(F)F)cc2)c1. The molecule has 4 aromatic rings. The molecular weight excluding hydrogens is 436 g/mol. The summed E-state index contributed by atoms with van der Waals surface area (Å²) in [5, 5.41) is 11.9. The molecule has 0 unspecified atom stereocenters. The number of alkyl halides is 2. The summed E-state index contributed by atoms with van der Waals surface area (Å²) in [4.78, 5) is 15.3. The monoisotopic (exact) mass is 453 g/mol. The molecule has 9 heteroatoms. The average molecular weight is 453 g/mol. The van der Waals surface area contributed by atoms with Crippen LogP contribution in [0.25, 0.3) is 16.9 Å². The van der Waals surface area contributed by atoms with Gasteiger partial charge in [-0.1, -0.05) is 54.2 Å². The van der Waals surface area contributed by atoms with Gasteiger partial charge in [-0.2, -0.15) is 8.78 Å². The first-order valence-corrected chi connectivity index (χ1v) is 10.5. The molecule has 1 aromatic heterocycles. The Balaban J connectivity index is 1.74. The molecule has 0 atom stereocenters. The molecular formula is C23H17F2N3O3S. The molecule has 0 N–H and O–H groups in total. The molecule has 0 aliphatic rings. The summed E-state index contributed by atoms with van der Waals surface area (Å²) in [5.74, 6) is 0.706. The predicted molar refractivity (Wildman–Crippen MR) is 118 cm³/mol. The molecule has 0 aliphatic carbocycles. The Bertz CT molecular complexity index is 1210. The van der Waals surface area contributed by atoms with Crippen LogP contribution < -0.4 is 4.74 Å². The van der Waals surface area contributed by atoms with Gasteiger partial charge in [0, 0.05) is 29.1 Å². The number of imidazole rings is 1. The highest BCUT2D eigenvalue weighted by atomic mass is 32.2. The van der Waals surface area contributed by atoms with E-state index in [9.17, 15) is 18.9 Å². The van der Waals surface area contributed by atoms with Gasteiger partial charge in [0.25, 0.3) is 5.69 Å². The number of ether oxygens (including phenoxy) is 1. The zero-order valence-electron chi connectivity index (χ0n) is 16.6. The van der Waals surface area contributed by atoms with Crippen LogP contribution in [0.1, 0.15) is 5.56 Å². The van der Waals surface area contributed by atoms with Crippen LogP contribution in [0.15, 0.2) is 90.2 Å². The molecule has 3 aromatic carbocycles. The summed E-state index contributed by atoms with van der Waals surface area (Å²) in [6.07, 6.45) is 1.65. The van der Waals surface area contributed by atoms with Crippen molar-refractivity contribution in [3.63, 3.8) is 0 Å². The number of nitro benzene ring substituents is 1. The van der Waals surface area contributed by atoms with Gasteiger partial charge in [0.15, 0.2) is 5.16 Å². The lowest BCUT2D eigenvalue weighted by Crippen LogP contribution is -2.03. The van der Waals surface area contributed by atoms with Crippen molar-refractivity contribution in [2.24, 2.45) is 0 Å². The van der Waals surface area contributed by atoms with E-state index in [4.69, 9.17) is 0 Å². The van der Waals surface area contributed by atoms with Gasteiger partial charge in [0.2, 0.25) is 0 Å². The predicted octanol–water partition coefficient (Wildman–Crippen LogP) is 6.34. The largest absolute Gasteiger partial charge is 0.435 e. The number of nitro groups is 1. The van der Waals surface area contributed by atoms with Crippen LogP contribution in [-0.2, 0) is 5.75 Å². The molecule has 1 heterocycles. The summed E-state index contributed by atoms with van der Waals surface area (Å²) in [7, 11) is 0. The minimum absolute atomic E-state index is 0.0329. The van der Waals surface area contributed by atoms with Crippen molar-refractivity contribution in [2.45, 2.75) is 17.5 Å². The molecule has 0 bridgehead atoms. The quantitative estimate of drug-likeness (QED) is 0.177. The van der Waals surface area contributed by atoms with Crippen LogP contribution in [0.3, 0.4) is 0 Å². The molecule has 0 amide bonds. The number of thioether (sulfide) groups is 1. The Morgan fingerprint density at radius 1 is 1.03 bits per heavy atom. The first-order valence-electron chi connectivity index (χ1n) is 9.56. The van der Waals surface area contributed by atoms with Gasteiger partial charge >= 0.3 is 6.61 Å². The van der Waals surface area contributed by atoms with Gasteiger partial charge in [0.05, 0.1) is 16.8 Å². The number of hydrogen-bond acceptors (Lipinski definition) is 5. The van der Waals surface area contributed by atoms with Crippen molar-refractivity contribution in [3.05, 3.63) is 101 Å². The molecule has 0 saturated carbocycles. The highest BCUT2D eigenvalue weighted by molar-refractivity contribution is 7.98. The average Bonchev–Trinajstić information content (AvgIpc) is 3.22. The Labute approximate surface area is 186 Å². The smallest absolute Gasteiger partial charge is 0.387 e.